The molecule has 4 nitrogen and oxygen atoms in total. The number of carbonyl (C=O) groups excluding carboxylic acids is 2. The van der Waals surface area contributed by atoms with Crippen LogP contribution in [0.3, 0.4) is 0 Å². The molecule has 0 aromatic heterocycles. The first kappa shape index (κ1) is 10.9. The van der Waals surface area contributed by atoms with Gasteiger partial charge in [-0.25, -0.2) is 9.18 Å². The molecule has 6 heteroatoms. The number of nitrogens with one attached hydrogen (secondary N) is 1. The number of imide groups is 1. The van der Waals surface area contributed by atoms with Crippen LogP contribution in [0.25, 0.3) is 0 Å². The average molecular weight is 243 g/mol. The molecule has 0 radical (unpaired) electrons. The maximum absolute atomic E-state index is 13.4. The smallest absolute Gasteiger partial charge is 0.324 e. The Labute approximate surface area is 96.0 Å². The molecule has 1 aliphatic heterocycles. The molecule has 1 aromatic rings. The van der Waals surface area contributed by atoms with E-state index in [0.29, 0.717) is 6.54 Å². The van der Waals surface area contributed by atoms with Crippen LogP contribution >= 0.6 is 11.6 Å². The van der Waals surface area contributed by atoms with Gasteiger partial charge in [-0.3, -0.25) is 9.69 Å². The Bertz CT molecular complexity index is 444. The molecule has 1 saturated heterocycles. The van der Waals surface area contributed by atoms with Crippen molar-refractivity contribution >= 4 is 23.5 Å². The van der Waals surface area contributed by atoms with E-state index in [1.165, 1.54) is 12.1 Å². The maximum Gasteiger partial charge on any atom is 0.324 e. The summed E-state index contributed by atoms with van der Waals surface area (Å²) in [6.07, 6.45) is 0. The van der Waals surface area contributed by atoms with Gasteiger partial charge in [0.15, 0.2) is 0 Å². The van der Waals surface area contributed by atoms with Crippen LogP contribution in [-0.2, 0) is 0 Å². The highest BCUT2D eigenvalue weighted by molar-refractivity contribution is 6.34. The average Bonchev–Trinajstić information content (AvgIpc) is 2.64. The van der Waals surface area contributed by atoms with Gasteiger partial charge in [0.05, 0.1) is 10.6 Å². The van der Waals surface area contributed by atoms with Crippen LogP contribution < -0.4 is 5.32 Å². The van der Waals surface area contributed by atoms with E-state index in [2.05, 4.69) is 5.32 Å². The van der Waals surface area contributed by atoms with Gasteiger partial charge in [0.2, 0.25) is 0 Å². The maximum atomic E-state index is 13.4. The molecule has 1 fully saturated rings. The summed E-state index contributed by atoms with van der Waals surface area (Å²) in [6.45, 7) is 0.596. The Morgan fingerprint density at radius 2 is 2.25 bits per heavy atom. The summed E-state index contributed by atoms with van der Waals surface area (Å²) in [5.41, 5.74) is -0.263. The van der Waals surface area contributed by atoms with E-state index in [-0.39, 0.29) is 17.1 Å². The summed E-state index contributed by atoms with van der Waals surface area (Å²) in [6, 6.07) is 3.42. The Kier molecular flexibility index (Phi) is 2.78. The highest BCUT2D eigenvalue weighted by atomic mass is 35.5. The van der Waals surface area contributed by atoms with Crippen molar-refractivity contribution in [3.8, 4) is 0 Å². The summed E-state index contributed by atoms with van der Waals surface area (Å²) in [4.78, 5) is 24.0. The first-order valence-electron chi connectivity index (χ1n) is 4.65. The van der Waals surface area contributed by atoms with Crippen molar-refractivity contribution in [2.45, 2.75) is 0 Å². The third kappa shape index (κ3) is 1.74. The molecule has 2 rings (SSSR count). The number of nitrogens with zero attached hydrogens (tertiary/aromatic N) is 1. The van der Waals surface area contributed by atoms with Crippen molar-refractivity contribution < 1.29 is 14.0 Å². The molecule has 0 saturated carbocycles. The molecule has 1 aromatic carbocycles. The molecular formula is C10H8ClFN2O2. The number of amides is 3. The van der Waals surface area contributed by atoms with Crippen molar-refractivity contribution in [3.05, 3.63) is 34.6 Å². The molecule has 16 heavy (non-hydrogen) atoms. The number of halogens is 2. The van der Waals surface area contributed by atoms with Crippen molar-refractivity contribution in [3.63, 3.8) is 0 Å². The lowest BCUT2D eigenvalue weighted by molar-refractivity contribution is 0.0825. The molecule has 1 heterocycles. The number of hydrogen-bond donors (Lipinski definition) is 1. The Balaban J connectivity index is 2.37. The quantitative estimate of drug-likeness (QED) is 0.814. The van der Waals surface area contributed by atoms with Crippen LogP contribution in [-0.4, -0.2) is 29.9 Å². The van der Waals surface area contributed by atoms with Gasteiger partial charge in [-0.2, -0.15) is 0 Å². The second-order valence-corrected chi connectivity index (χ2v) is 3.69. The van der Waals surface area contributed by atoms with Gasteiger partial charge < -0.3 is 5.32 Å². The molecule has 0 aliphatic carbocycles. The van der Waals surface area contributed by atoms with E-state index in [0.717, 1.165) is 11.0 Å². The van der Waals surface area contributed by atoms with Crippen LogP contribution in [0.15, 0.2) is 18.2 Å². The van der Waals surface area contributed by atoms with Gasteiger partial charge in [0, 0.05) is 13.1 Å². The van der Waals surface area contributed by atoms with Gasteiger partial charge in [-0.15, -0.1) is 0 Å². The largest absolute Gasteiger partial charge is 0.336 e. The minimum Gasteiger partial charge on any atom is -0.336 e. The summed E-state index contributed by atoms with van der Waals surface area (Å²) in [7, 11) is 0. The molecule has 1 N–H and O–H groups in total. The minimum absolute atomic E-state index is 0.00435. The van der Waals surface area contributed by atoms with Gasteiger partial charge in [0.25, 0.3) is 5.91 Å². The molecule has 3 amide bonds. The third-order valence-electron chi connectivity index (χ3n) is 2.28. The zero-order valence-corrected chi connectivity index (χ0v) is 8.92. The van der Waals surface area contributed by atoms with Crippen LogP contribution in [0, 0.1) is 5.82 Å². The number of benzene rings is 1. The first-order chi connectivity index (χ1) is 7.61. The second-order valence-electron chi connectivity index (χ2n) is 3.29. The van der Waals surface area contributed by atoms with E-state index in [9.17, 15) is 14.0 Å². The molecular weight excluding hydrogens is 235 g/mol. The van der Waals surface area contributed by atoms with E-state index >= 15 is 0 Å². The molecule has 1 aliphatic rings. The predicted molar refractivity (Wildman–Crippen MR) is 55.8 cm³/mol. The zero-order valence-electron chi connectivity index (χ0n) is 8.17. The topological polar surface area (TPSA) is 49.4 Å². The van der Waals surface area contributed by atoms with Crippen molar-refractivity contribution in [1.29, 1.82) is 0 Å². The van der Waals surface area contributed by atoms with Crippen LogP contribution in [0.5, 0.6) is 0 Å². The number of carbonyl (C=O) groups is 2. The Hall–Kier alpha value is -1.62. The standard InChI is InChI=1S/C10H8ClFN2O2/c11-6-2-1-3-7(12)8(6)9(15)14-5-4-13-10(14)16/h1-3H,4-5H2,(H,13,16). The van der Waals surface area contributed by atoms with Gasteiger partial charge >= 0.3 is 6.03 Å². The summed E-state index contributed by atoms with van der Waals surface area (Å²) in [5.74, 6) is -1.43. The van der Waals surface area contributed by atoms with E-state index in [4.69, 9.17) is 11.6 Å². The molecule has 0 atom stereocenters. The van der Waals surface area contributed by atoms with Crippen LogP contribution in [0.1, 0.15) is 10.4 Å². The van der Waals surface area contributed by atoms with Gasteiger partial charge in [0.1, 0.15) is 5.82 Å². The zero-order chi connectivity index (χ0) is 11.7. The first-order valence-corrected chi connectivity index (χ1v) is 5.03. The summed E-state index contributed by atoms with van der Waals surface area (Å²) < 4.78 is 13.4. The fourth-order valence-corrected chi connectivity index (χ4v) is 1.75. The normalized spacial score (nSPS) is 15.1. The number of rotatable bonds is 1. The Morgan fingerprint density at radius 3 is 2.81 bits per heavy atom. The molecule has 0 spiro atoms. The van der Waals surface area contributed by atoms with Crippen molar-refractivity contribution in [1.82, 2.24) is 10.2 Å². The summed E-state index contributed by atoms with van der Waals surface area (Å²) >= 11 is 5.73. The molecule has 84 valence electrons. The second kappa shape index (κ2) is 4.09. The Morgan fingerprint density at radius 1 is 1.50 bits per heavy atom. The SMILES string of the molecule is O=C1NCCN1C(=O)c1c(F)cccc1Cl. The van der Waals surface area contributed by atoms with E-state index in [1.54, 1.807) is 0 Å². The number of urea groups is 1. The van der Waals surface area contributed by atoms with Gasteiger partial charge in [-0.05, 0) is 12.1 Å². The predicted octanol–water partition coefficient (Wildman–Crippen LogP) is 1.64. The highest BCUT2D eigenvalue weighted by Crippen LogP contribution is 2.21. The molecule has 0 unspecified atom stereocenters. The third-order valence-corrected chi connectivity index (χ3v) is 2.59. The van der Waals surface area contributed by atoms with Crippen molar-refractivity contribution in [2.75, 3.05) is 13.1 Å². The summed E-state index contributed by atoms with van der Waals surface area (Å²) in [5, 5.41) is 2.46. The fraction of sp³-hybridized carbons (Fsp3) is 0.200. The lowest BCUT2D eigenvalue weighted by Gasteiger charge is -2.13. The van der Waals surface area contributed by atoms with Gasteiger partial charge in [-0.1, -0.05) is 17.7 Å². The van der Waals surface area contributed by atoms with Crippen LogP contribution in [0.4, 0.5) is 9.18 Å². The van der Waals surface area contributed by atoms with E-state index < -0.39 is 17.8 Å². The van der Waals surface area contributed by atoms with Crippen molar-refractivity contribution in [2.24, 2.45) is 0 Å². The highest BCUT2D eigenvalue weighted by Gasteiger charge is 2.30. The lowest BCUT2D eigenvalue weighted by Crippen LogP contribution is -2.34. The lowest BCUT2D eigenvalue weighted by atomic mass is 10.2. The van der Waals surface area contributed by atoms with Crippen LogP contribution in [0.2, 0.25) is 5.02 Å². The number of hydrogen-bond acceptors (Lipinski definition) is 2. The minimum atomic E-state index is -0.725. The fourth-order valence-electron chi connectivity index (χ4n) is 1.50. The van der Waals surface area contributed by atoms with E-state index in [1.807, 2.05) is 0 Å². The molecule has 0 bridgehead atoms. The monoisotopic (exact) mass is 242 g/mol.